The summed E-state index contributed by atoms with van der Waals surface area (Å²) in [7, 11) is 0. The quantitative estimate of drug-likeness (QED) is 0.478. The molecule has 0 aliphatic rings. The molecule has 0 aromatic heterocycles. The first-order valence-electron chi connectivity index (χ1n) is 0.651. The molecule has 0 aliphatic heterocycles. The van der Waals surface area contributed by atoms with Crippen LogP contribution < -0.4 is 0 Å². The van der Waals surface area contributed by atoms with Crippen molar-refractivity contribution < 1.29 is 33.8 Å². The fraction of sp³-hybridized carbons (Fsp3) is 0. The second-order valence-corrected chi connectivity index (χ2v) is 0.283. The van der Waals surface area contributed by atoms with Gasteiger partial charge in [0.15, 0.2) is 0 Å². The molecule has 0 radical (unpaired) electrons. The van der Waals surface area contributed by atoms with Crippen molar-refractivity contribution in [2.75, 3.05) is 0 Å². The zero-order chi connectivity index (χ0) is 3.58. The van der Waals surface area contributed by atoms with Crippen molar-refractivity contribution in [3.05, 3.63) is 0 Å². The van der Waals surface area contributed by atoms with E-state index in [1.165, 1.54) is 0 Å². The standard InChI is InChI=1S/CH2O3.Cr/c2-1(3)4;/h(H2,2,3,4);/p+1. The third-order valence-corrected chi connectivity index (χ3v) is 0. The molecule has 0 saturated heterocycles. The Hall–Kier alpha value is -0.198. The second kappa shape index (κ2) is 3.80. The predicted octanol–water partition coefficient (Wildman–Crippen LogP) is 0.332. The maximum Gasteiger partial charge on any atom is 1.00 e. The van der Waals surface area contributed by atoms with Crippen molar-refractivity contribution >= 4 is 6.16 Å². The van der Waals surface area contributed by atoms with E-state index in [2.05, 4.69) is 0 Å². The molecule has 0 atom stereocenters. The Balaban J connectivity index is -0.0000000450. The van der Waals surface area contributed by atoms with Gasteiger partial charge in [0.05, 0.1) is 0 Å². The van der Waals surface area contributed by atoms with Gasteiger partial charge in [0.1, 0.15) is 0 Å². The molecule has 0 spiro atoms. The number of hydrogen-bond donors (Lipinski definition) is 2. The first-order valence-corrected chi connectivity index (χ1v) is 0.651. The summed E-state index contributed by atoms with van der Waals surface area (Å²) in [6.45, 7) is 0. The van der Waals surface area contributed by atoms with Crippen LogP contribution in [0.15, 0.2) is 0 Å². The van der Waals surface area contributed by atoms with Crippen molar-refractivity contribution in [2.45, 2.75) is 0 Å². The van der Waals surface area contributed by atoms with Crippen molar-refractivity contribution in [2.24, 2.45) is 0 Å². The van der Waals surface area contributed by atoms with E-state index in [4.69, 9.17) is 15.0 Å². The van der Waals surface area contributed by atoms with Gasteiger partial charge < -0.3 is 10.2 Å². The molecule has 30 valence electrons. The second-order valence-electron chi connectivity index (χ2n) is 0.283. The van der Waals surface area contributed by atoms with Crippen LogP contribution in [0.2, 0.25) is 0 Å². The Labute approximate surface area is 40.8 Å². The maximum atomic E-state index is 8.56. The summed E-state index contributed by atoms with van der Waals surface area (Å²) in [4.78, 5) is 8.56. The fourth-order valence-electron chi connectivity index (χ4n) is 0. The molecule has 0 amide bonds. The molecule has 4 heteroatoms. The van der Waals surface area contributed by atoms with Gasteiger partial charge in [-0.2, -0.15) is 0 Å². The van der Waals surface area contributed by atoms with Crippen LogP contribution in [-0.2, 0) is 17.4 Å². The van der Waals surface area contributed by atoms with E-state index >= 15 is 0 Å². The molecule has 0 unspecified atom stereocenters. The minimum atomic E-state index is -1.83. The van der Waals surface area contributed by atoms with Crippen molar-refractivity contribution in [1.82, 2.24) is 0 Å². The normalized spacial score (nSPS) is 4.80. The van der Waals surface area contributed by atoms with Crippen LogP contribution in [0.4, 0.5) is 4.79 Å². The molecule has 0 heterocycles. The van der Waals surface area contributed by atoms with Gasteiger partial charge in [0.25, 0.3) is 0 Å². The minimum absolute atomic E-state index is 0. The van der Waals surface area contributed by atoms with Crippen LogP contribution in [-0.4, -0.2) is 16.4 Å². The molecule has 0 aliphatic carbocycles. The SMILES string of the molecule is O=C(O)O.[Cr].[H+]. The van der Waals surface area contributed by atoms with Gasteiger partial charge in [-0.15, -0.1) is 0 Å². The molecule has 0 rings (SSSR count). The van der Waals surface area contributed by atoms with E-state index in [0.717, 1.165) is 0 Å². The molecule has 0 aromatic carbocycles. The van der Waals surface area contributed by atoms with E-state index in [-0.39, 0.29) is 18.8 Å². The van der Waals surface area contributed by atoms with Crippen LogP contribution in [0.3, 0.4) is 0 Å². The number of hydrogen-bond acceptors (Lipinski definition) is 1. The predicted molar refractivity (Wildman–Crippen MR) is 11.8 cm³/mol. The summed E-state index contributed by atoms with van der Waals surface area (Å²) in [6, 6.07) is 0. The van der Waals surface area contributed by atoms with E-state index < -0.39 is 6.16 Å². The van der Waals surface area contributed by atoms with Crippen LogP contribution >= 0.6 is 0 Å². The average Bonchev–Trinajstić information content (AvgIpc) is 0.811. The summed E-state index contributed by atoms with van der Waals surface area (Å²) in [6.07, 6.45) is -1.83. The molecular weight excluding hydrogens is 112 g/mol. The Morgan fingerprint density at radius 2 is 1.60 bits per heavy atom. The van der Waals surface area contributed by atoms with Crippen LogP contribution in [0.1, 0.15) is 1.43 Å². The first kappa shape index (κ1) is 8.84. The van der Waals surface area contributed by atoms with Crippen molar-refractivity contribution in [3.63, 3.8) is 0 Å². The van der Waals surface area contributed by atoms with E-state index in [1.807, 2.05) is 0 Å². The first-order chi connectivity index (χ1) is 1.73. The zero-order valence-electron chi connectivity index (χ0n) is 3.21. The topological polar surface area (TPSA) is 57.5 Å². The van der Waals surface area contributed by atoms with Crippen LogP contribution in [0.25, 0.3) is 0 Å². The number of carbonyl (C=O) groups is 1. The molecule has 0 aromatic rings. The zero-order valence-corrected chi connectivity index (χ0v) is 3.49. The van der Waals surface area contributed by atoms with Gasteiger partial charge in [0.2, 0.25) is 0 Å². The molecular formula is CH3CrO3+. The summed E-state index contributed by atoms with van der Waals surface area (Å²) < 4.78 is 0. The van der Waals surface area contributed by atoms with Crippen molar-refractivity contribution in [1.29, 1.82) is 0 Å². The molecule has 0 bridgehead atoms. The van der Waals surface area contributed by atoms with Gasteiger partial charge in [-0.1, -0.05) is 0 Å². The van der Waals surface area contributed by atoms with Crippen molar-refractivity contribution in [3.8, 4) is 0 Å². The van der Waals surface area contributed by atoms with Gasteiger partial charge in [-0.3, -0.25) is 0 Å². The molecule has 5 heavy (non-hydrogen) atoms. The van der Waals surface area contributed by atoms with Gasteiger partial charge in [-0.25, -0.2) is 4.79 Å². The molecule has 3 nitrogen and oxygen atoms in total. The van der Waals surface area contributed by atoms with E-state index in [0.29, 0.717) is 0 Å². The maximum absolute atomic E-state index is 8.56. The molecule has 2 N–H and O–H groups in total. The Morgan fingerprint density at radius 3 is 1.60 bits per heavy atom. The number of carboxylic acid groups (broad SMARTS) is 2. The Kier molecular flexibility index (Phi) is 6.72. The molecule has 0 fully saturated rings. The summed E-state index contributed by atoms with van der Waals surface area (Å²) in [5.74, 6) is 0. The fourth-order valence-corrected chi connectivity index (χ4v) is 0. The Bertz CT molecular complexity index is 33.8. The van der Waals surface area contributed by atoms with Gasteiger partial charge >= 0.3 is 7.58 Å². The third kappa shape index (κ3) is 317. The van der Waals surface area contributed by atoms with Crippen LogP contribution in [0, 0.1) is 0 Å². The monoisotopic (exact) mass is 115 g/mol. The van der Waals surface area contributed by atoms with E-state index in [1.54, 1.807) is 0 Å². The molecule has 0 saturated carbocycles. The summed E-state index contributed by atoms with van der Waals surface area (Å²) >= 11 is 0. The third-order valence-electron chi connectivity index (χ3n) is 0. The van der Waals surface area contributed by atoms with Crippen LogP contribution in [0.5, 0.6) is 0 Å². The largest absolute Gasteiger partial charge is 1.00 e. The Morgan fingerprint density at radius 1 is 1.60 bits per heavy atom. The van der Waals surface area contributed by atoms with Gasteiger partial charge in [0, 0.05) is 17.4 Å². The smallest absolute Gasteiger partial charge is 0.450 e. The van der Waals surface area contributed by atoms with Gasteiger partial charge in [-0.05, 0) is 0 Å². The number of rotatable bonds is 0. The minimum Gasteiger partial charge on any atom is -0.450 e. The summed E-state index contributed by atoms with van der Waals surface area (Å²) in [5, 5.41) is 13.9. The average molecular weight is 115 g/mol. The summed E-state index contributed by atoms with van der Waals surface area (Å²) in [5.41, 5.74) is 0. The van der Waals surface area contributed by atoms with E-state index in [9.17, 15) is 0 Å².